The van der Waals surface area contributed by atoms with Crippen molar-refractivity contribution in [2.45, 2.75) is 18.9 Å². The number of rotatable bonds is 5. The zero-order chi connectivity index (χ0) is 19.8. The van der Waals surface area contributed by atoms with Crippen molar-refractivity contribution in [3.05, 3.63) is 48.2 Å². The fraction of sp³-hybridized carbons (Fsp3) is 0.318. The number of nitrogens with zero attached hydrogens (tertiary/aromatic N) is 3. The van der Waals surface area contributed by atoms with Crippen molar-refractivity contribution in [2.75, 3.05) is 29.5 Å². The van der Waals surface area contributed by atoms with E-state index in [1.165, 1.54) is 0 Å². The zero-order valence-corrected chi connectivity index (χ0v) is 16.8. The summed E-state index contributed by atoms with van der Waals surface area (Å²) >= 11 is 1.89. The van der Waals surface area contributed by atoms with Crippen LogP contribution in [0.1, 0.15) is 23.2 Å². The molecule has 2 aliphatic rings. The number of nitrogens with one attached hydrogen (secondary N) is 1. The Bertz CT molecular complexity index is 1050. The first-order chi connectivity index (χ1) is 14.2. The molecule has 1 saturated carbocycles. The average molecular weight is 407 g/mol. The Kier molecular flexibility index (Phi) is 4.75. The number of hydrogen-bond donors (Lipinski definition) is 1. The van der Waals surface area contributed by atoms with E-state index in [4.69, 9.17) is 0 Å². The van der Waals surface area contributed by atoms with Crippen LogP contribution < -0.4 is 4.90 Å². The highest BCUT2D eigenvalue weighted by atomic mass is 32.2. The number of aromatic nitrogens is 2. The molecule has 148 valence electrons. The second-order valence-electron chi connectivity index (χ2n) is 7.49. The van der Waals surface area contributed by atoms with Crippen LogP contribution in [0.15, 0.2) is 42.6 Å². The molecule has 1 saturated heterocycles. The van der Waals surface area contributed by atoms with Gasteiger partial charge in [0.15, 0.2) is 0 Å². The summed E-state index contributed by atoms with van der Waals surface area (Å²) in [5, 5.41) is 1.00. The van der Waals surface area contributed by atoms with Gasteiger partial charge in [-0.1, -0.05) is 12.1 Å². The lowest BCUT2D eigenvalue weighted by Gasteiger charge is -2.26. The number of H-pyrrole nitrogens is 1. The van der Waals surface area contributed by atoms with Gasteiger partial charge in [0.25, 0.3) is 5.91 Å². The van der Waals surface area contributed by atoms with Gasteiger partial charge in [0.05, 0.1) is 0 Å². The molecule has 2 fully saturated rings. The number of carbonyl (C=O) groups excluding carboxylic acids is 2. The Morgan fingerprint density at radius 2 is 1.93 bits per heavy atom. The molecule has 29 heavy (non-hydrogen) atoms. The smallest absolute Gasteiger partial charge is 0.253 e. The van der Waals surface area contributed by atoms with E-state index < -0.39 is 0 Å². The number of anilines is 1. The number of carbonyl (C=O) groups is 2. The summed E-state index contributed by atoms with van der Waals surface area (Å²) in [5.74, 6) is 2.77. The Balaban J connectivity index is 1.49. The number of pyridine rings is 1. The molecule has 0 atom stereocenters. The molecular weight excluding hydrogens is 384 g/mol. The van der Waals surface area contributed by atoms with Crippen molar-refractivity contribution in [3.8, 4) is 11.1 Å². The maximum absolute atomic E-state index is 12.7. The summed E-state index contributed by atoms with van der Waals surface area (Å²) in [7, 11) is 0. The number of fused-ring (bicyclic) bond motifs is 1. The largest absolute Gasteiger partial charge is 0.346 e. The van der Waals surface area contributed by atoms with Crippen LogP contribution in [0.4, 0.5) is 5.82 Å². The van der Waals surface area contributed by atoms with Crippen LogP contribution in [0.3, 0.4) is 0 Å². The Hall–Kier alpha value is -2.80. The van der Waals surface area contributed by atoms with E-state index in [0.717, 1.165) is 66.0 Å². The fourth-order valence-corrected chi connectivity index (χ4v) is 4.72. The zero-order valence-electron chi connectivity index (χ0n) is 16.0. The third-order valence-electron chi connectivity index (χ3n) is 5.57. The van der Waals surface area contributed by atoms with E-state index in [0.29, 0.717) is 11.4 Å². The van der Waals surface area contributed by atoms with Crippen LogP contribution in [-0.2, 0) is 4.79 Å². The first-order valence-electron chi connectivity index (χ1n) is 9.94. The predicted octanol–water partition coefficient (Wildman–Crippen LogP) is 3.54. The van der Waals surface area contributed by atoms with Crippen LogP contribution in [0.25, 0.3) is 22.2 Å². The molecule has 7 heteroatoms. The van der Waals surface area contributed by atoms with Crippen LogP contribution in [0.2, 0.25) is 0 Å². The van der Waals surface area contributed by atoms with Gasteiger partial charge >= 0.3 is 0 Å². The molecule has 1 aliphatic carbocycles. The second-order valence-corrected chi connectivity index (χ2v) is 8.72. The van der Waals surface area contributed by atoms with Crippen LogP contribution in [0.5, 0.6) is 0 Å². The number of aromatic amines is 1. The highest BCUT2D eigenvalue weighted by molar-refractivity contribution is 7.99. The SMILES string of the molecule is O=CN(c1cc(-c2ccc(C(=O)N3CCSCC3)cc2)c2cc[nH]c2n1)C1CC1. The van der Waals surface area contributed by atoms with Crippen molar-refractivity contribution in [1.29, 1.82) is 0 Å². The lowest BCUT2D eigenvalue weighted by Crippen LogP contribution is -2.37. The first kappa shape index (κ1) is 18.2. The van der Waals surface area contributed by atoms with Gasteiger partial charge in [0.1, 0.15) is 11.5 Å². The van der Waals surface area contributed by atoms with Crippen molar-refractivity contribution >= 4 is 40.9 Å². The molecule has 5 rings (SSSR count). The van der Waals surface area contributed by atoms with Gasteiger partial charge in [-0.2, -0.15) is 11.8 Å². The number of amides is 2. The fourth-order valence-electron chi connectivity index (χ4n) is 3.82. The van der Waals surface area contributed by atoms with Gasteiger partial charge in [-0.15, -0.1) is 0 Å². The maximum atomic E-state index is 12.7. The Labute approximate surface area is 173 Å². The van der Waals surface area contributed by atoms with Crippen LogP contribution in [-0.4, -0.2) is 57.8 Å². The third kappa shape index (κ3) is 3.51. The first-order valence-corrected chi connectivity index (χ1v) is 11.1. The van der Waals surface area contributed by atoms with E-state index in [-0.39, 0.29) is 11.9 Å². The number of hydrogen-bond acceptors (Lipinski definition) is 4. The van der Waals surface area contributed by atoms with E-state index in [9.17, 15) is 9.59 Å². The Morgan fingerprint density at radius 1 is 1.17 bits per heavy atom. The van der Waals surface area contributed by atoms with Crippen molar-refractivity contribution in [3.63, 3.8) is 0 Å². The molecule has 3 heterocycles. The van der Waals surface area contributed by atoms with E-state index in [1.54, 1.807) is 4.90 Å². The molecule has 0 radical (unpaired) electrons. The average Bonchev–Trinajstić information content (AvgIpc) is 3.49. The Morgan fingerprint density at radius 3 is 2.62 bits per heavy atom. The van der Waals surface area contributed by atoms with Gasteiger partial charge in [0, 0.05) is 47.8 Å². The molecular formula is C22H22N4O2S. The maximum Gasteiger partial charge on any atom is 0.253 e. The molecule has 6 nitrogen and oxygen atoms in total. The molecule has 0 bridgehead atoms. The predicted molar refractivity (Wildman–Crippen MR) is 116 cm³/mol. The van der Waals surface area contributed by atoms with Gasteiger partial charge in [-0.3, -0.25) is 14.5 Å². The molecule has 0 spiro atoms. The van der Waals surface area contributed by atoms with Crippen LogP contribution >= 0.6 is 11.8 Å². The third-order valence-corrected chi connectivity index (χ3v) is 6.52. The molecule has 1 aliphatic heterocycles. The number of benzene rings is 1. The quantitative estimate of drug-likeness (QED) is 0.658. The number of thioether (sulfide) groups is 1. The van der Waals surface area contributed by atoms with Gasteiger partial charge in [-0.25, -0.2) is 4.98 Å². The minimum absolute atomic E-state index is 0.0972. The molecule has 2 amide bonds. The van der Waals surface area contributed by atoms with Crippen molar-refractivity contribution in [2.24, 2.45) is 0 Å². The van der Waals surface area contributed by atoms with Crippen molar-refractivity contribution < 1.29 is 9.59 Å². The molecule has 1 N–H and O–H groups in total. The normalized spacial score (nSPS) is 16.8. The molecule has 3 aromatic rings. The standard InChI is InChI=1S/C22H22N4O2S/c27-14-26(17-5-6-17)20-13-19(18-7-8-23-21(18)24-20)15-1-3-16(4-2-15)22(28)25-9-11-29-12-10-25/h1-4,7-8,13-14,17H,5-6,9-12H2,(H,23,24). The lowest BCUT2D eigenvalue weighted by molar-refractivity contribution is -0.107. The summed E-state index contributed by atoms with van der Waals surface area (Å²) in [6, 6.07) is 12.0. The monoisotopic (exact) mass is 406 g/mol. The van der Waals surface area contributed by atoms with E-state index >= 15 is 0 Å². The topological polar surface area (TPSA) is 69.3 Å². The van der Waals surface area contributed by atoms with E-state index in [2.05, 4.69) is 9.97 Å². The highest BCUT2D eigenvalue weighted by Crippen LogP contribution is 2.35. The summed E-state index contributed by atoms with van der Waals surface area (Å²) < 4.78 is 0. The molecule has 2 aromatic heterocycles. The van der Waals surface area contributed by atoms with Gasteiger partial charge in [-0.05, 0) is 48.2 Å². The lowest BCUT2D eigenvalue weighted by atomic mass is 10.0. The van der Waals surface area contributed by atoms with Gasteiger partial charge in [0.2, 0.25) is 6.41 Å². The summed E-state index contributed by atoms with van der Waals surface area (Å²) in [4.78, 5) is 35.8. The minimum Gasteiger partial charge on any atom is -0.346 e. The summed E-state index contributed by atoms with van der Waals surface area (Å²) in [6.45, 7) is 1.62. The summed E-state index contributed by atoms with van der Waals surface area (Å²) in [6.07, 6.45) is 4.77. The molecule has 0 unspecified atom stereocenters. The summed E-state index contributed by atoms with van der Waals surface area (Å²) in [5.41, 5.74) is 3.49. The minimum atomic E-state index is 0.0972. The van der Waals surface area contributed by atoms with Crippen molar-refractivity contribution in [1.82, 2.24) is 14.9 Å². The van der Waals surface area contributed by atoms with Gasteiger partial charge < -0.3 is 9.88 Å². The van der Waals surface area contributed by atoms with E-state index in [1.807, 2.05) is 59.3 Å². The highest BCUT2D eigenvalue weighted by Gasteiger charge is 2.30. The molecule has 1 aromatic carbocycles. The second kappa shape index (κ2) is 7.55. The van der Waals surface area contributed by atoms with Crippen LogP contribution in [0, 0.1) is 0 Å².